The Morgan fingerprint density at radius 3 is 2.68 bits per heavy atom. The summed E-state index contributed by atoms with van der Waals surface area (Å²) in [6, 6.07) is 5.55. The molecule has 34 heavy (non-hydrogen) atoms. The number of fused-ring (bicyclic) bond motifs is 3. The number of benzene rings is 1. The SMILES string of the molecule is C[C@@H]1CN(C2COc3ccc(C=O)cc3-c3nc(-c4ncnn4CC(F)(F)F)cn32)C[C@H](C)N1. The molecular formula is C22H24F3N7O2. The van der Waals surface area contributed by atoms with Crippen LogP contribution in [0.2, 0.25) is 0 Å². The predicted molar refractivity (Wildman–Crippen MR) is 116 cm³/mol. The van der Waals surface area contributed by atoms with Gasteiger partial charge in [-0.3, -0.25) is 9.69 Å². The van der Waals surface area contributed by atoms with Crippen LogP contribution in [-0.2, 0) is 6.54 Å². The van der Waals surface area contributed by atoms with E-state index in [-0.39, 0.29) is 29.8 Å². The van der Waals surface area contributed by atoms with E-state index >= 15 is 0 Å². The Hall–Kier alpha value is -3.25. The van der Waals surface area contributed by atoms with Crippen LogP contribution in [0.5, 0.6) is 5.75 Å². The quantitative estimate of drug-likeness (QED) is 0.581. The highest BCUT2D eigenvalue weighted by molar-refractivity contribution is 5.80. The number of piperazine rings is 1. The Morgan fingerprint density at radius 1 is 1.21 bits per heavy atom. The van der Waals surface area contributed by atoms with Gasteiger partial charge in [-0.2, -0.15) is 18.3 Å². The van der Waals surface area contributed by atoms with Crippen molar-refractivity contribution in [2.45, 2.75) is 44.8 Å². The maximum Gasteiger partial charge on any atom is 0.408 e. The molecule has 0 radical (unpaired) electrons. The first-order chi connectivity index (χ1) is 16.2. The first-order valence-electron chi connectivity index (χ1n) is 11.0. The number of carbonyl (C=O) groups excluding carboxylic acids is 1. The summed E-state index contributed by atoms with van der Waals surface area (Å²) in [5.74, 6) is 1.07. The minimum atomic E-state index is -4.45. The Kier molecular flexibility index (Phi) is 5.64. The van der Waals surface area contributed by atoms with Gasteiger partial charge in [0.1, 0.15) is 49.2 Å². The number of nitrogens with one attached hydrogen (secondary N) is 1. The third-order valence-corrected chi connectivity index (χ3v) is 6.00. The second-order valence-electron chi connectivity index (χ2n) is 8.80. The van der Waals surface area contributed by atoms with Crippen molar-refractivity contribution in [1.29, 1.82) is 0 Å². The Morgan fingerprint density at radius 2 is 1.97 bits per heavy atom. The van der Waals surface area contributed by atoms with E-state index in [1.807, 2.05) is 4.57 Å². The molecule has 1 aromatic carbocycles. The monoisotopic (exact) mass is 475 g/mol. The Labute approximate surface area is 193 Å². The lowest BCUT2D eigenvalue weighted by Gasteiger charge is -2.40. The van der Waals surface area contributed by atoms with Crippen molar-refractivity contribution >= 4 is 6.29 Å². The Bertz CT molecular complexity index is 1200. The van der Waals surface area contributed by atoms with E-state index in [0.717, 1.165) is 30.4 Å². The fourth-order valence-corrected chi connectivity index (χ4v) is 4.74. The van der Waals surface area contributed by atoms with Gasteiger partial charge in [0, 0.05) is 36.9 Å². The number of imidazole rings is 1. The molecule has 1 N–H and O–H groups in total. The lowest BCUT2D eigenvalue weighted by Crippen LogP contribution is -2.56. The second kappa shape index (κ2) is 8.51. The maximum absolute atomic E-state index is 13.1. The average molecular weight is 475 g/mol. The molecule has 1 unspecified atom stereocenters. The summed E-state index contributed by atoms with van der Waals surface area (Å²) in [5, 5.41) is 7.25. The molecule has 0 spiro atoms. The van der Waals surface area contributed by atoms with Crippen LogP contribution >= 0.6 is 0 Å². The fourth-order valence-electron chi connectivity index (χ4n) is 4.74. The molecule has 2 aliphatic heterocycles. The lowest BCUT2D eigenvalue weighted by atomic mass is 10.1. The van der Waals surface area contributed by atoms with Gasteiger partial charge >= 0.3 is 6.18 Å². The van der Waals surface area contributed by atoms with Crippen molar-refractivity contribution < 1.29 is 22.7 Å². The molecule has 0 bridgehead atoms. The molecule has 3 aromatic rings. The van der Waals surface area contributed by atoms with E-state index in [9.17, 15) is 18.0 Å². The number of aldehydes is 1. The molecule has 3 atom stereocenters. The maximum atomic E-state index is 13.1. The number of halogens is 3. The van der Waals surface area contributed by atoms with Crippen LogP contribution in [0.25, 0.3) is 22.9 Å². The molecule has 0 saturated carbocycles. The first kappa shape index (κ1) is 22.5. The van der Waals surface area contributed by atoms with Gasteiger partial charge in [-0.15, -0.1) is 0 Å². The van der Waals surface area contributed by atoms with Gasteiger partial charge in [-0.25, -0.2) is 14.6 Å². The summed E-state index contributed by atoms with van der Waals surface area (Å²) >= 11 is 0. The summed E-state index contributed by atoms with van der Waals surface area (Å²) < 4.78 is 48.1. The highest BCUT2D eigenvalue weighted by Gasteiger charge is 2.35. The summed E-state index contributed by atoms with van der Waals surface area (Å²) in [4.78, 5) is 22.4. The molecular weight excluding hydrogens is 451 g/mol. The topological polar surface area (TPSA) is 90.1 Å². The van der Waals surface area contributed by atoms with Crippen molar-refractivity contribution in [3.63, 3.8) is 0 Å². The average Bonchev–Trinajstić information content (AvgIpc) is 3.36. The van der Waals surface area contributed by atoms with Crippen molar-refractivity contribution in [3.05, 3.63) is 36.3 Å². The minimum absolute atomic E-state index is 0.0210. The molecule has 5 rings (SSSR count). The third kappa shape index (κ3) is 4.30. The second-order valence-corrected chi connectivity index (χ2v) is 8.80. The van der Waals surface area contributed by atoms with Crippen LogP contribution in [0.3, 0.4) is 0 Å². The number of nitrogens with zero attached hydrogens (tertiary/aromatic N) is 6. The zero-order valence-electron chi connectivity index (χ0n) is 18.7. The van der Waals surface area contributed by atoms with E-state index < -0.39 is 12.7 Å². The zero-order chi connectivity index (χ0) is 24.0. The highest BCUT2D eigenvalue weighted by atomic mass is 19.4. The first-order valence-corrected chi connectivity index (χ1v) is 11.0. The standard InChI is InChI=1S/C22H24F3N7O2/c1-13-6-30(7-14(2)28-13)19-10-34-18-4-3-15(9-33)5-16(18)20-29-17(8-31(19)20)21-26-12-27-32(21)11-22(23,24)25/h3-5,8-9,12-14,19,28H,6-7,10-11H2,1-2H3/t13-,14+,19?. The van der Waals surface area contributed by atoms with Gasteiger partial charge in [0.15, 0.2) is 5.82 Å². The molecule has 1 saturated heterocycles. The number of rotatable bonds is 4. The molecule has 2 aromatic heterocycles. The summed E-state index contributed by atoms with van der Waals surface area (Å²) in [6.45, 7) is 4.76. The summed E-state index contributed by atoms with van der Waals surface area (Å²) in [6.07, 6.45) is -1.19. The van der Waals surface area contributed by atoms with Crippen molar-refractivity contribution in [1.82, 2.24) is 34.5 Å². The third-order valence-electron chi connectivity index (χ3n) is 6.00. The molecule has 12 heteroatoms. The van der Waals surface area contributed by atoms with Gasteiger partial charge in [0.25, 0.3) is 0 Å². The van der Waals surface area contributed by atoms with E-state index in [2.05, 4.69) is 39.1 Å². The molecule has 1 fully saturated rings. The minimum Gasteiger partial charge on any atom is -0.489 e. The summed E-state index contributed by atoms with van der Waals surface area (Å²) in [5.41, 5.74) is 1.31. The summed E-state index contributed by atoms with van der Waals surface area (Å²) in [7, 11) is 0. The molecule has 180 valence electrons. The smallest absolute Gasteiger partial charge is 0.408 e. The van der Waals surface area contributed by atoms with Gasteiger partial charge in [-0.05, 0) is 32.0 Å². The van der Waals surface area contributed by atoms with E-state index in [0.29, 0.717) is 29.3 Å². The van der Waals surface area contributed by atoms with Crippen LogP contribution in [0, 0.1) is 0 Å². The number of ether oxygens (including phenoxy) is 1. The van der Waals surface area contributed by atoms with Gasteiger partial charge < -0.3 is 14.6 Å². The number of hydrogen-bond donors (Lipinski definition) is 1. The van der Waals surface area contributed by atoms with E-state index in [1.165, 1.54) is 0 Å². The normalized spacial score (nSPS) is 23.0. The predicted octanol–water partition coefficient (Wildman–Crippen LogP) is 2.76. The van der Waals surface area contributed by atoms with Gasteiger partial charge in [0.2, 0.25) is 0 Å². The molecule has 0 amide bonds. The van der Waals surface area contributed by atoms with Crippen LogP contribution in [0.15, 0.2) is 30.7 Å². The number of aromatic nitrogens is 5. The van der Waals surface area contributed by atoms with Crippen molar-refractivity contribution in [2.24, 2.45) is 0 Å². The lowest BCUT2D eigenvalue weighted by molar-refractivity contribution is -0.142. The van der Waals surface area contributed by atoms with Gasteiger partial charge in [-0.1, -0.05) is 0 Å². The highest BCUT2D eigenvalue weighted by Crippen LogP contribution is 2.38. The Balaban J connectivity index is 1.63. The van der Waals surface area contributed by atoms with E-state index in [1.54, 1.807) is 24.4 Å². The zero-order valence-corrected chi connectivity index (χ0v) is 18.7. The van der Waals surface area contributed by atoms with Crippen LogP contribution in [0.4, 0.5) is 13.2 Å². The molecule has 0 aliphatic carbocycles. The fraction of sp³-hybridized carbons (Fsp3) is 0.455. The van der Waals surface area contributed by atoms with Crippen LogP contribution in [-0.4, -0.2) is 73.5 Å². The largest absolute Gasteiger partial charge is 0.489 e. The molecule has 4 heterocycles. The number of alkyl halides is 3. The van der Waals surface area contributed by atoms with Crippen molar-refractivity contribution in [2.75, 3.05) is 19.7 Å². The van der Waals surface area contributed by atoms with Crippen molar-refractivity contribution in [3.8, 4) is 28.7 Å². The van der Waals surface area contributed by atoms with Crippen LogP contribution in [0.1, 0.15) is 30.4 Å². The number of carbonyl (C=O) groups is 1. The van der Waals surface area contributed by atoms with Crippen LogP contribution < -0.4 is 10.1 Å². The molecule has 9 nitrogen and oxygen atoms in total. The van der Waals surface area contributed by atoms with E-state index in [4.69, 9.17) is 4.74 Å². The molecule has 2 aliphatic rings. The van der Waals surface area contributed by atoms with Gasteiger partial charge in [0.05, 0.1) is 5.56 Å². The number of hydrogen-bond acceptors (Lipinski definition) is 7.